The number of hydrogen-bond donors (Lipinski definition) is 0. The number of unbranched alkanes of at least 4 members (excludes halogenated alkanes) is 2. The molecule has 2 heterocycles. The van der Waals surface area contributed by atoms with E-state index >= 15 is 0 Å². The van der Waals surface area contributed by atoms with Gasteiger partial charge < -0.3 is 4.74 Å². The van der Waals surface area contributed by atoms with Crippen molar-refractivity contribution in [2.45, 2.75) is 44.3 Å². The van der Waals surface area contributed by atoms with Gasteiger partial charge in [0.2, 0.25) is 0 Å². The standard InChI is InChI=1S/C12H15NO3/c1-2-3-4-5-8-13-11(14)9-6-7-10(16-9)12(13)15/h1,9-10H,3-8H2. The summed E-state index contributed by atoms with van der Waals surface area (Å²) in [5, 5.41) is 0. The molecule has 0 radical (unpaired) electrons. The Balaban J connectivity index is 1.91. The highest BCUT2D eigenvalue weighted by molar-refractivity contribution is 6.02. The van der Waals surface area contributed by atoms with Crippen LogP contribution < -0.4 is 0 Å². The van der Waals surface area contributed by atoms with Crippen molar-refractivity contribution in [1.82, 2.24) is 4.90 Å². The lowest BCUT2D eigenvalue weighted by Crippen LogP contribution is -2.51. The summed E-state index contributed by atoms with van der Waals surface area (Å²) in [4.78, 5) is 24.9. The van der Waals surface area contributed by atoms with Crippen molar-refractivity contribution in [3.63, 3.8) is 0 Å². The van der Waals surface area contributed by atoms with E-state index in [-0.39, 0.29) is 24.0 Å². The van der Waals surface area contributed by atoms with Crippen molar-refractivity contribution in [1.29, 1.82) is 0 Å². The molecular weight excluding hydrogens is 206 g/mol. The Morgan fingerprint density at radius 3 is 2.44 bits per heavy atom. The quantitative estimate of drug-likeness (QED) is 0.399. The smallest absolute Gasteiger partial charge is 0.258 e. The maximum Gasteiger partial charge on any atom is 0.258 e. The molecular formula is C12H15NO3. The molecule has 2 saturated heterocycles. The summed E-state index contributed by atoms with van der Waals surface area (Å²) in [6.45, 7) is 0.482. The zero-order chi connectivity index (χ0) is 11.5. The van der Waals surface area contributed by atoms with E-state index in [1.54, 1.807) is 0 Å². The Hall–Kier alpha value is -1.34. The number of rotatable bonds is 4. The van der Waals surface area contributed by atoms with Gasteiger partial charge in [-0.1, -0.05) is 0 Å². The molecule has 0 aromatic carbocycles. The number of amides is 2. The molecule has 0 saturated carbocycles. The molecule has 2 aliphatic rings. The normalized spacial score (nSPS) is 28.3. The van der Waals surface area contributed by atoms with Gasteiger partial charge in [0.25, 0.3) is 11.8 Å². The van der Waals surface area contributed by atoms with Gasteiger partial charge in [-0.15, -0.1) is 12.3 Å². The number of terminal acetylenes is 1. The van der Waals surface area contributed by atoms with E-state index in [0.717, 1.165) is 12.8 Å². The van der Waals surface area contributed by atoms with Crippen LogP contribution in [-0.2, 0) is 14.3 Å². The lowest BCUT2D eigenvalue weighted by atomic mass is 10.2. The molecule has 86 valence electrons. The second-order valence-corrected chi connectivity index (χ2v) is 4.18. The fourth-order valence-electron chi connectivity index (χ4n) is 2.17. The SMILES string of the molecule is C#CCCCCN1C(=O)C2CCC(O2)C1=O. The van der Waals surface area contributed by atoms with Gasteiger partial charge in [-0.2, -0.15) is 0 Å². The molecule has 0 spiro atoms. The molecule has 0 aromatic heterocycles. The number of carbonyl (C=O) groups is 2. The topological polar surface area (TPSA) is 46.6 Å². The molecule has 2 amide bonds. The van der Waals surface area contributed by atoms with Gasteiger partial charge in [-0.3, -0.25) is 14.5 Å². The first kappa shape index (κ1) is 11.2. The summed E-state index contributed by atoms with van der Waals surface area (Å²) in [6, 6.07) is 0. The van der Waals surface area contributed by atoms with Crippen LogP contribution in [0.15, 0.2) is 0 Å². The van der Waals surface area contributed by atoms with Gasteiger partial charge in [-0.05, 0) is 25.7 Å². The number of morpholine rings is 1. The first-order valence-corrected chi connectivity index (χ1v) is 5.68. The van der Waals surface area contributed by atoms with Crippen LogP contribution in [-0.4, -0.2) is 35.5 Å². The van der Waals surface area contributed by atoms with Crippen LogP contribution in [0.2, 0.25) is 0 Å². The summed E-state index contributed by atoms with van der Waals surface area (Å²) in [7, 11) is 0. The van der Waals surface area contributed by atoms with Gasteiger partial charge in [0, 0.05) is 13.0 Å². The van der Waals surface area contributed by atoms with Crippen molar-refractivity contribution in [3.05, 3.63) is 0 Å². The number of hydrogen-bond acceptors (Lipinski definition) is 3. The molecule has 0 aliphatic carbocycles. The Labute approximate surface area is 94.9 Å². The second kappa shape index (κ2) is 4.67. The molecule has 16 heavy (non-hydrogen) atoms. The van der Waals surface area contributed by atoms with E-state index in [9.17, 15) is 9.59 Å². The number of carbonyl (C=O) groups excluding carboxylic acids is 2. The number of nitrogens with zero attached hydrogens (tertiary/aromatic N) is 1. The molecule has 2 rings (SSSR count). The van der Waals surface area contributed by atoms with Gasteiger partial charge in [-0.25, -0.2) is 0 Å². The van der Waals surface area contributed by atoms with Crippen LogP contribution >= 0.6 is 0 Å². The predicted octanol–water partition coefficient (Wildman–Crippen LogP) is 0.706. The fourth-order valence-corrected chi connectivity index (χ4v) is 2.17. The van der Waals surface area contributed by atoms with Crippen molar-refractivity contribution >= 4 is 11.8 Å². The molecule has 2 fully saturated rings. The van der Waals surface area contributed by atoms with Crippen LogP contribution in [0.3, 0.4) is 0 Å². The predicted molar refractivity (Wildman–Crippen MR) is 57.3 cm³/mol. The second-order valence-electron chi connectivity index (χ2n) is 4.18. The number of likely N-dealkylation sites (tertiary alicyclic amines) is 1. The summed E-state index contributed by atoms with van der Waals surface area (Å²) >= 11 is 0. The molecule has 0 aromatic rings. The highest BCUT2D eigenvalue weighted by atomic mass is 16.5. The van der Waals surface area contributed by atoms with Crippen LogP contribution in [0.25, 0.3) is 0 Å². The largest absolute Gasteiger partial charge is 0.355 e. The summed E-state index contributed by atoms with van der Waals surface area (Å²) in [5.41, 5.74) is 0. The van der Waals surface area contributed by atoms with Crippen molar-refractivity contribution < 1.29 is 14.3 Å². The van der Waals surface area contributed by atoms with E-state index in [2.05, 4.69) is 5.92 Å². The third-order valence-electron chi connectivity index (χ3n) is 3.06. The fraction of sp³-hybridized carbons (Fsp3) is 0.667. The first-order chi connectivity index (χ1) is 7.74. The molecule has 0 N–H and O–H groups in total. The minimum absolute atomic E-state index is 0.167. The molecule has 4 nitrogen and oxygen atoms in total. The average molecular weight is 221 g/mol. The summed E-state index contributed by atoms with van der Waals surface area (Å²) in [6.07, 6.45) is 8.06. The number of ether oxygens (including phenoxy) is 1. The minimum atomic E-state index is -0.379. The Kier molecular flexibility index (Phi) is 3.25. The van der Waals surface area contributed by atoms with Crippen molar-refractivity contribution in [3.8, 4) is 12.3 Å². The highest BCUT2D eigenvalue weighted by Crippen LogP contribution is 2.28. The van der Waals surface area contributed by atoms with Crippen molar-refractivity contribution in [2.75, 3.05) is 6.54 Å². The molecule has 2 unspecified atom stereocenters. The minimum Gasteiger partial charge on any atom is -0.355 e. The highest BCUT2D eigenvalue weighted by Gasteiger charge is 2.45. The van der Waals surface area contributed by atoms with E-state index < -0.39 is 0 Å². The van der Waals surface area contributed by atoms with Gasteiger partial charge in [0.1, 0.15) is 12.2 Å². The number of fused-ring (bicyclic) bond motifs is 2. The zero-order valence-corrected chi connectivity index (χ0v) is 9.15. The molecule has 4 heteroatoms. The van der Waals surface area contributed by atoms with E-state index in [4.69, 9.17) is 11.2 Å². The monoisotopic (exact) mass is 221 g/mol. The Morgan fingerprint density at radius 1 is 1.25 bits per heavy atom. The zero-order valence-electron chi connectivity index (χ0n) is 9.15. The van der Waals surface area contributed by atoms with E-state index in [1.807, 2.05) is 0 Å². The summed E-state index contributed by atoms with van der Waals surface area (Å²) in [5.74, 6) is 2.21. The van der Waals surface area contributed by atoms with Gasteiger partial charge >= 0.3 is 0 Å². The summed E-state index contributed by atoms with van der Waals surface area (Å²) < 4.78 is 5.31. The van der Waals surface area contributed by atoms with Crippen LogP contribution in [0.1, 0.15) is 32.1 Å². The first-order valence-electron chi connectivity index (χ1n) is 5.68. The van der Waals surface area contributed by atoms with Crippen LogP contribution in [0, 0.1) is 12.3 Å². The Bertz CT molecular complexity index is 323. The van der Waals surface area contributed by atoms with Crippen LogP contribution in [0.5, 0.6) is 0 Å². The van der Waals surface area contributed by atoms with Crippen molar-refractivity contribution in [2.24, 2.45) is 0 Å². The van der Waals surface area contributed by atoms with E-state index in [1.165, 1.54) is 4.90 Å². The van der Waals surface area contributed by atoms with Crippen LogP contribution in [0.4, 0.5) is 0 Å². The van der Waals surface area contributed by atoms with E-state index in [0.29, 0.717) is 25.8 Å². The number of imide groups is 1. The lowest BCUT2D eigenvalue weighted by molar-refractivity contribution is -0.168. The van der Waals surface area contributed by atoms with Gasteiger partial charge in [0.15, 0.2) is 0 Å². The lowest BCUT2D eigenvalue weighted by Gasteiger charge is -2.29. The maximum absolute atomic E-state index is 11.8. The molecule has 2 aliphatic heterocycles. The van der Waals surface area contributed by atoms with Gasteiger partial charge in [0.05, 0.1) is 0 Å². The third-order valence-corrected chi connectivity index (χ3v) is 3.06. The molecule has 2 atom stereocenters. The average Bonchev–Trinajstić information content (AvgIpc) is 2.72. The maximum atomic E-state index is 11.8. The third kappa shape index (κ3) is 1.96. The molecule has 2 bridgehead atoms. The Morgan fingerprint density at radius 2 is 1.88 bits per heavy atom.